The molecule has 0 radical (unpaired) electrons. The van der Waals surface area contributed by atoms with E-state index >= 15 is 0 Å². The van der Waals surface area contributed by atoms with Gasteiger partial charge in [0.1, 0.15) is 0 Å². The molecule has 3 nitrogen and oxygen atoms in total. The van der Waals surface area contributed by atoms with Crippen molar-refractivity contribution in [3.05, 3.63) is 18.0 Å². The summed E-state index contributed by atoms with van der Waals surface area (Å²) in [7, 11) is 2.00. The van der Waals surface area contributed by atoms with E-state index in [1.807, 2.05) is 11.7 Å². The molecule has 3 unspecified atom stereocenters. The van der Waals surface area contributed by atoms with Gasteiger partial charge in [0, 0.05) is 13.2 Å². The van der Waals surface area contributed by atoms with Gasteiger partial charge in [0.15, 0.2) is 0 Å². The van der Waals surface area contributed by atoms with Crippen molar-refractivity contribution in [3.8, 4) is 0 Å². The van der Waals surface area contributed by atoms with Crippen molar-refractivity contribution >= 4 is 0 Å². The Hall–Kier alpha value is -0.830. The molecule has 1 aromatic rings. The Morgan fingerprint density at radius 1 is 1.53 bits per heavy atom. The normalized spacial score (nSPS) is 26.3. The molecule has 0 spiro atoms. The second-order valence-electron chi connectivity index (χ2n) is 5.42. The van der Waals surface area contributed by atoms with Crippen molar-refractivity contribution in [1.29, 1.82) is 0 Å². The molecule has 0 amide bonds. The van der Waals surface area contributed by atoms with Crippen LogP contribution in [0, 0.1) is 11.8 Å². The number of hydrogen-bond donors (Lipinski definition) is 1. The van der Waals surface area contributed by atoms with Crippen LogP contribution in [0.3, 0.4) is 0 Å². The summed E-state index contributed by atoms with van der Waals surface area (Å²) in [6.45, 7) is 5.70. The Bertz CT molecular complexity index is 345. The van der Waals surface area contributed by atoms with Gasteiger partial charge in [-0.25, -0.2) is 0 Å². The zero-order valence-electron chi connectivity index (χ0n) is 11.3. The highest BCUT2D eigenvalue weighted by atomic mass is 15.3. The number of aryl methyl sites for hydroxylation is 1. The molecular formula is C14H25N3. The van der Waals surface area contributed by atoms with Gasteiger partial charge in [-0.05, 0) is 37.3 Å². The van der Waals surface area contributed by atoms with Crippen molar-refractivity contribution in [2.45, 2.75) is 45.6 Å². The molecule has 1 aliphatic carbocycles. The van der Waals surface area contributed by atoms with Crippen LogP contribution in [-0.4, -0.2) is 16.3 Å². The summed E-state index contributed by atoms with van der Waals surface area (Å²) >= 11 is 0. The first-order chi connectivity index (χ1) is 8.22. The second kappa shape index (κ2) is 5.67. The van der Waals surface area contributed by atoms with Gasteiger partial charge in [0.25, 0.3) is 0 Å². The zero-order chi connectivity index (χ0) is 12.3. The van der Waals surface area contributed by atoms with Crippen LogP contribution < -0.4 is 5.32 Å². The first-order valence-electron chi connectivity index (χ1n) is 6.95. The third-order valence-electron chi connectivity index (χ3n) is 4.02. The summed E-state index contributed by atoms with van der Waals surface area (Å²) in [6.07, 6.45) is 7.34. The summed E-state index contributed by atoms with van der Waals surface area (Å²) in [5.41, 5.74) is 1.22. The SMILES string of the molecule is CCCNC(c1ccn(C)n1)C1CCCC1C. The third kappa shape index (κ3) is 2.89. The van der Waals surface area contributed by atoms with E-state index < -0.39 is 0 Å². The lowest BCUT2D eigenvalue weighted by molar-refractivity contribution is 0.296. The second-order valence-corrected chi connectivity index (χ2v) is 5.42. The first-order valence-corrected chi connectivity index (χ1v) is 6.95. The highest BCUT2D eigenvalue weighted by Gasteiger charge is 2.32. The van der Waals surface area contributed by atoms with E-state index in [4.69, 9.17) is 0 Å². The smallest absolute Gasteiger partial charge is 0.0796 e. The van der Waals surface area contributed by atoms with Gasteiger partial charge in [-0.2, -0.15) is 5.10 Å². The van der Waals surface area contributed by atoms with Crippen LogP contribution in [0.5, 0.6) is 0 Å². The average molecular weight is 235 g/mol. The molecule has 0 aliphatic heterocycles. The van der Waals surface area contributed by atoms with Crippen LogP contribution in [-0.2, 0) is 7.05 Å². The van der Waals surface area contributed by atoms with Crippen molar-refractivity contribution in [3.63, 3.8) is 0 Å². The fraction of sp³-hybridized carbons (Fsp3) is 0.786. The topological polar surface area (TPSA) is 29.9 Å². The fourth-order valence-corrected chi connectivity index (χ4v) is 3.04. The number of nitrogens with one attached hydrogen (secondary N) is 1. The highest BCUT2D eigenvalue weighted by molar-refractivity contribution is 5.08. The maximum atomic E-state index is 4.60. The molecule has 1 fully saturated rings. The lowest BCUT2D eigenvalue weighted by Gasteiger charge is -2.26. The predicted molar refractivity (Wildman–Crippen MR) is 70.7 cm³/mol. The lowest BCUT2D eigenvalue weighted by atomic mass is 9.88. The molecule has 0 aromatic carbocycles. The molecule has 3 atom stereocenters. The van der Waals surface area contributed by atoms with E-state index in [1.165, 1.54) is 31.4 Å². The number of hydrogen-bond acceptors (Lipinski definition) is 2. The van der Waals surface area contributed by atoms with E-state index in [0.717, 1.165) is 18.4 Å². The number of rotatable bonds is 5. The standard InChI is InChI=1S/C14H25N3/c1-4-9-15-14(12-7-5-6-11(12)2)13-8-10-17(3)16-13/h8,10-12,14-15H,4-7,9H2,1-3H3. The quantitative estimate of drug-likeness (QED) is 0.850. The Labute approximate surface area is 105 Å². The summed E-state index contributed by atoms with van der Waals surface area (Å²) in [5.74, 6) is 1.59. The van der Waals surface area contributed by atoms with Crippen molar-refractivity contribution in [2.24, 2.45) is 18.9 Å². The molecule has 1 aliphatic rings. The zero-order valence-corrected chi connectivity index (χ0v) is 11.3. The molecule has 1 heterocycles. The van der Waals surface area contributed by atoms with Crippen LogP contribution in [0.15, 0.2) is 12.3 Å². The van der Waals surface area contributed by atoms with Gasteiger partial charge in [0.05, 0.1) is 11.7 Å². The third-order valence-corrected chi connectivity index (χ3v) is 4.02. The van der Waals surface area contributed by atoms with Crippen molar-refractivity contribution in [2.75, 3.05) is 6.54 Å². The summed E-state index contributed by atoms with van der Waals surface area (Å²) in [5, 5.41) is 8.29. The molecule has 17 heavy (non-hydrogen) atoms. The van der Waals surface area contributed by atoms with Crippen LogP contribution in [0.2, 0.25) is 0 Å². The first kappa shape index (κ1) is 12.6. The molecule has 1 aromatic heterocycles. The fourth-order valence-electron chi connectivity index (χ4n) is 3.04. The molecule has 1 saturated carbocycles. The molecule has 1 N–H and O–H groups in total. The molecule has 2 rings (SSSR count). The van der Waals surface area contributed by atoms with Gasteiger partial charge in [-0.1, -0.05) is 26.7 Å². The largest absolute Gasteiger partial charge is 0.308 e. The van der Waals surface area contributed by atoms with Gasteiger partial charge in [-0.3, -0.25) is 4.68 Å². The van der Waals surface area contributed by atoms with E-state index in [9.17, 15) is 0 Å². The monoisotopic (exact) mass is 235 g/mol. The summed E-state index contributed by atoms with van der Waals surface area (Å²) in [6, 6.07) is 2.62. The predicted octanol–water partition coefficient (Wildman–Crippen LogP) is 2.90. The van der Waals surface area contributed by atoms with E-state index in [2.05, 4.69) is 36.5 Å². The molecule has 0 saturated heterocycles. The Kier molecular flexibility index (Phi) is 4.21. The van der Waals surface area contributed by atoms with E-state index in [1.54, 1.807) is 0 Å². The van der Waals surface area contributed by atoms with E-state index in [0.29, 0.717) is 6.04 Å². The minimum absolute atomic E-state index is 0.452. The Balaban J connectivity index is 2.12. The van der Waals surface area contributed by atoms with Crippen LogP contribution in [0.25, 0.3) is 0 Å². The van der Waals surface area contributed by atoms with E-state index in [-0.39, 0.29) is 0 Å². The minimum Gasteiger partial charge on any atom is -0.308 e. The van der Waals surface area contributed by atoms with Gasteiger partial charge < -0.3 is 5.32 Å². The van der Waals surface area contributed by atoms with Gasteiger partial charge in [-0.15, -0.1) is 0 Å². The van der Waals surface area contributed by atoms with Crippen LogP contribution in [0.4, 0.5) is 0 Å². The van der Waals surface area contributed by atoms with Crippen LogP contribution >= 0.6 is 0 Å². The van der Waals surface area contributed by atoms with Crippen molar-refractivity contribution in [1.82, 2.24) is 15.1 Å². The highest BCUT2D eigenvalue weighted by Crippen LogP contribution is 2.39. The van der Waals surface area contributed by atoms with Gasteiger partial charge in [0.2, 0.25) is 0 Å². The summed E-state index contributed by atoms with van der Waals surface area (Å²) < 4.78 is 1.91. The lowest BCUT2D eigenvalue weighted by Crippen LogP contribution is -2.30. The average Bonchev–Trinajstić information content (AvgIpc) is 2.90. The minimum atomic E-state index is 0.452. The maximum Gasteiger partial charge on any atom is 0.0796 e. The molecule has 0 bridgehead atoms. The molecule has 3 heteroatoms. The van der Waals surface area contributed by atoms with Crippen molar-refractivity contribution < 1.29 is 0 Å². The van der Waals surface area contributed by atoms with Crippen LogP contribution in [0.1, 0.15) is 51.3 Å². The van der Waals surface area contributed by atoms with Gasteiger partial charge >= 0.3 is 0 Å². The Morgan fingerprint density at radius 3 is 2.88 bits per heavy atom. The number of aromatic nitrogens is 2. The maximum absolute atomic E-state index is 4.60. The molecule has 96 valence electrons. The molecular weight excluding hydrogens is 210 g/mol. The summed E-state index contributed by atoms with van der Waals surface area (Å²) in [4.78, 5) is 0. The Morgan fingerprint density at radius 2 is 2.35 bits per heavy atom. The number of nitrogens with zero attached hydrogens (tertiary/aromatic N) is 2.